The van der Waals surface area contributed by atoms with Crippen LogP contribution in [0.2, 0.25) is 0 Å². The zero-order valence-electron chi connectivity index (χ0n) is 14.1. The van der Waals surface area contributed by atoms with E-state index >= 15 is 0 Å². The van der Waals surface area contributed by atoms with Gasteiger partial charge in [0.25, 0.3) is 5.56 Å². The van der Waals surface area contributed by atoms with E-state index in [9.17, 15) is 13.2 Å². The minimum absolute atomic E-state index is 0.110. The summed E-state index contributed by atoms with van der Waals surface area (Å²) in [7, 11) is -3.01. The summed E-state index contributed by atoms with van der Waals surface area (Å²) < 4.78 is 30.7. The molecule has 3 aromatic rings. The zero-order valence-corrected chi connectivity index (χ0v) is 14.9. The van der Waals surface area contributed by atoms with Crippen LogP contribution < -0.4 is 5.56 Å². The van der Waals surface area contributed by atoms with Gasteiger partial charge in [0.2, 0.25) is 0 Å². The normalized spacial score (nSPS) is 19.3. The van der Waals surface area contributed by atoms with E-state index in [1.807, 2.05) is 17.0 Å². The average Bonchev–Trinajstić information content (AvgIpc) is 3.23. The van der Waals surface area contributed by atoms with Gasteiger partial charge in [0.15, 0.2) is 9.84 Å². The van der Waals surface area contributed by atoms with E-state index in [2.05, 4.69) is 4.98 Å². The van der Waals surface area contributed by atoms with E-state index in [0.29, 0.717) is 30.9 Å². The van der Waals surface area contributed by atoms with Crippen molar-refractivity contribution < 1.29 is 12.8 Å². The van der Waals surface area contributed by atoms with Crippen LogP contribution in [0.25, 0.3) is 5.65 Å². The first-order valence-corrected chi connectivity index (χ1v) is 10.3. The summed E-state index contributed by atoms with van der Waals surface area (Å²) in [6.07, 6.45) is 3.85. The summed E-state index contributed by atoms with van der Waals surface area (Å²) in [6.45, 7) is 0.866. The maximum Gasteiger partial charge on any atom is 0.258 e. The van der Waals surface area contributed by atoms with Gasteiger partial charge in [0.1, 0.15) is 11.4 Å². The second-order valence-electron chi connectivity index (χ2n) is 6.56. The van der Waals surface area contributed by atoms with Crippen LogP contribution in [0, 0.1) is 0 Å². The van der Waals surface area contributed by atoms with Crippen molar-refractivity contribution in [2.45, 2.75) is 25.6 Å². The zero-order chi connectivity index (χ0) is 18.1. The second-order valence-corrected chi connectivity index (χ2v) is 8.78. The summed E-state index contributed by atoms with van der Waals surface area (Å²) in [4.78, 5) is 18.9. The number of pyridine rings is 1. The molecule has 0 aliphatic carbocycles. The van der Waals surface area contributed by atoms with Crippen molar-refractivity contribution in [2.75, 3.05) is 11.5 Å². The quantitative estimate of drug-likeness (QED) is 0.673. The molecular formula is C18H19N3O4S. The second kappa shape index (κ2) is 6.69. The molecule has 26 heavy (non-hydrogen) atoms. The van der Waals surface area contributed by atoms with Crippen molar-refractivity contribution in [1.29, 1.82) is 0 Å². The van der Waals surface area contributed by atoms with Crippen molar-refractivity contribution in [2.24, 2.45) is 0 Å². The largest absolute Gasteiger partial charge is 0.468 e. The number of rotatable bonds is 5. The fourth-order valence-corrected chi connectivity index (χ4v) is 5.13. The smallest absolute Gasteiger partial charge is 0.258 e. The topological polar surface area (TPSA) is 84.9 Å². The predicted octanol–water partition coefficient (Wildman–Crippen LogP) is 1.48. The number of furan rings is 1. The maximum atomic E-state index is 12.3. The molecule has 0 amide bonds. The van der Waals surface area contributed by atoms with Crippen LogP contribution in [0.3, 0.4) is 0 Å². The van der Waals surface area contributed by atoms with E-state index in [1.54, 1.807) is 30.7 Å². The highest BCUT2D eigenvalue weighted by atomic mass is 32.2. The van der Waals surface area contributed by atoms with Crippen LogP contribution in [0.4, 0.5) is 0 Å². The van der Waals surface area contributed by atoms with E-state index < -0.39 is 9.84 Å². The lowest BCUT2D eigenvalue weighted by atomic mass is 10.2. The lowest BCUT2D eigenvalue weighted by Crippen LogP contribution is -2.36. The van der Waals surface area contributed by atoms with Crippen LogP contribution >= 0.6 is 0 Å². The number of hydrogen-bond acceptors (Lipinski definition) is 6. The summed E-state index contributed by atoms with van der Waals surface area (Å²) in [5.74, 6) is 1.08. The Kier molecular flexibility index (Phi) is 4.37. The van der Waals surface area contributed by atoms with Crippen molar-refractivity contribution in [3.63, 3.8) is 0 Å². The van der Waals surface area contributed by atoms with E-state index in [-0.39, 0.29) is 23.1 Å². The molecule has 1 saturated heterocycles. The summed E-state index contributed by atoms with van der Waals surface area (Å²) >= 11 is 0. The molecule has 0 aromatic carbocycles. The van der Waals surface area contributed by atoms with E-state index in [0.717, 1.165) is 5.76 Å². The molecular weight excluding hydrogens is 354 g/mol. The number of sulfone groups is 1. The minimum atomic E-state index is -3.01. The van der Waals surface area contributed by atoms with Gasteiger partial charge in [-0.2, -0.15) is 0 Å². The van der Waals surface area contributed by atoms with Crippen molar-refractivity contribution >= 4 is 15.5 Å². The molecule has 0 unspecified atom stereocenters. The predicted molar refractivity (Wildman–Crippen MR) is 96.5 cm³/mol. The number of nitrogens with zero attached hydrogens (tertiary/aromatic N) is 3. The standard InChI is InChI=1S/C18H19N3O4S/c22-18-10-14(19-17-5-1-2-7-21(17)18)11-20(12-16-4-3-8-25-16)15-6-9-26(23,24)13-15/h1-5,7-8,10,15H,6,9,11-13H2/t15-/m0/s1. The Balaban J connectivity index is 1.65. The van der Waals surface area contributed by atoms with Crippen LogP contribution in [0.15, 0.2) is 58.1 Å². The Morgan fingerprint density at radius 2 is 2.12 bits per heavy atom. The first-order chi connectivity index (χ1) is 12.5. The number of hydrogen-bond donors (Lipinski definition) is 0. The molecule has 3 aromatic heterocycles. The average molecular weight is 373 g/mol. The fourth-order valence-electron chi connectivity index (χ4n) is 3.37. The van der Waals surface area contributed by atoms with Crippen LogP contribution in [-0.4, -0.2) is 40.2 Å². The molecule has 0 bridgehead atoms. The van der Waals surface area contributed by atoms with Gasteiger partial charge in [-0.15, -0.1) is 0 Å². The van der Waals surface area contributed by atoms with Gasteiger partial charge in [-0.1, -0.05) is 6.07 Å². The Morgan fingerprint density at radius 3 is 2.85 bits per heavy atom. The third-order valence-electron chi connectivity index (χ3n) is 4.65. The number of aromatic nitrogens is 2. The van der Waals surface area contributed by atoms with Crippen molar-refractivity contribution in [1.82, 2.24) is 14.3 Å². The van der Waals surface area contributed by atoms with Gasteiger partial charge in [0, 0.05) is 24.8 Å². The summed E-state index contributed by atoms with van der Waals surface area (Å²) in [5, 5.41) is 0. The Hall–Kier alpha value is -2.45. The lowest BCUT2D eigenvalue weighted by Gasteiger charge is -2.26. The molecule has 1 fully saturated rings. The molecule has 4 heterocycles. The van der Waals surface area contributed by atoms with Crippen molar-refractivity contribution in [3.8, 4) is 0 Å². The van der Waals surface area contributed by atoms with Gasteiger partial charge in [-0.05, 0) is 30.7 Å². The van der Waals surface area contributed by atoms with Crippen LogP contribution in [-0.2, 0) is 22.9 Å². The summed E-state index contributed by atoms with van der Waals surface area (Å²) in [5.41, 5.74) is 1.05. The van der Waals surface area contributed by atoms with Crippen LogP contribution in [0.5, 0.6) is 0 Å². The highest BCUT2D eigenvalue weighted by molar-refractivity contribution is 7.91. The molecule has 0 N–H and O–H groups in total. The fraction of sp³-hybridized carbons (Fsp3) is 0.333. The van der Waals surface area contributed by atoms with Crippen LogP contribution in [0.1, 0.15) is 17.9 Å². The number of fused-ring (bicyclic) bond motifs is 1. The monoisotopic (exact) mass is 373 g/mol. The van der Waals surface area contributed by atoms with Gasteiger partial charge in [-0.3, -0.25) is 14.1 Å². The molecule has 0 radical (unpaired) electrons. The van der Waals surface area contributed by atoms with Crippen molar-refractivity contribution in [3.05, 3.63) is 70.7 Å². The van der Waals surface area contributed by atoms with E-state index in [4.69, 9.17) is 4.42 Å². The molecule has 0 saturated carbocycles. The molecule has 1 aliphatic heterocycles. The summed E-state index contributed by atoms with van der Waals surface area (Å²) in [6, 6.07) is 10.4. The van der Waals surface area contributed by atoms with Gasteiger partial charge < -0.3 is 4.42 Å². The van der Waals surface area contributed by atoms with E-state index in [1.165, 1.54) is 10.5 Å². The third kappa shape index (κ3) is 3.56. The lowest BCUT2D eigenvalue weighted by molar-refractivity contribution is 0.177. The Labute approximate surface area is 150 Å². The Bertz CT molecular complexity index is 1070. The molecule has 8 heteroatoms. The maximum absolute atomic E-state index is 12.3. The molecule has 4 rings (SSSR count). The highest BCUT2D eigenvalue weighted by Crippen LogP contribution is 2.22. The third-order valence-corrected chi connectivity index (χ3v) is 6.40. The first-order valence-electron chi connectivity index (χ1n) is 8.44. The molecule has 136 valence electrons. The van der Waals surface area contributed by atoms with Gasteiger partial charge in [0.05, 0.1) is 30.0 Å². The molecule has 0 spiro atoms. The Morgan fingerprint density at radius 1 is 1.23 bits per heavy atom. The minimum Gasteiger partial charge on any atom is -0.468 e. The molecule has 7 nitrogen and oxygen atoms in total. The van der Waals surface area contributed by atoms with Gasteiger partial charge >= 0.3 is 0 Å². The first kappa shape index (κ1) is 17.0. The molecule has 1 atom stereocenters. The van der Waals surface area contributed by atoms with Gasteiger partial charge in [-0.25, -0.2) is 13.4 Å². The SMILES string of the molecule is O=c1cc(CN(Cc2ccco2)[C@H]2CCS(=O)(=O)C2)nc2ccccn12. The molecule has 1 aliphatic rings. The highest BCUT2D eigenvalue weighted by Gasteiger charge is 2.33.